The van der Waals surface area contributed by atoms with E-state index in [2.05, 4.69) is 193 Å². The van der Waals surface area contributed by atoms with E-state index in [1.165, 1.54) is 66.8 Å². The summed E-state index contributed by atoms with van der Waals surface area (Å²) in [5.41, 5.74) is 21.4. The quantitative estimate of drug-likeness (QED) is 0.178. The number of hydrogen-bond acceptors (Lipinski definition) is 3. The van der Waals surface area contributed by atoms with E-state index >= 15 is 0 Å². The fourth-order valence-corrected chi connectivity index (χ4v) is 11.3. The molecule has 3 nitrogen and oxygen atoms in total. The van der Waals surface area contributed by atoms with E-state index in [1.807, 2.05) is 36.5 Å². The van der Waals surface area contributed by atoms with E-state index in [4.69, 9.17) is 9.97 Å². The molecular formula is C59H37N3. The Morgan fingerprint density at radius 1 is 0.258 bits per heavy atom. The highest BCUT2D eigenvalue weighted by atomic mass is 14.9. The highest BCUT2D eigenvalue weighted by Gasteiger charge is 2.58. The second-order valence-corrected chi connectivity index (χ2v) is 16.6. The number of pyridine rings is 1. The topological polar surface area (TPSA) is 38.7 Å². The van der Waals surface area contributed by atoms with Crippen molar-refractivity contribution in [2.45, 2.75) is 10.8 Å². The lowest BCUT2D eigenvalue weighted by molar-refractivity contribution is 0.633. The summed E-state index contributed by atoms with van der Waals surface area (Å²) in [5, 5.41) is 0. The summed E-state index contributed by atoms with van der Waals surface area (Å²) in [7, 11) is 0. The van der Waals surface area contributed by atoms with E-state index < -0.39 is 10.8 Å². The molecule has 2 heterocycles. The van der Waals surface area contributed by atoms with Gasteiger partial charge in [-0.2, -0.15) is 0 Å². The van der Waals surface area contributed by atoms with Crippen LogP contribution in [0.4, 0.5) is 0 Å². The normalized spacial score (nSPS) is 14.1. The summed E-state index contributed by atoms with van der Waals surface area (Å²) in [6.07, 6.45) is 1.82. The molecule has 0 unspecified atom stereocenters. The molecule has 0 atom stereocenters. The van der Waals surface area contributed by atoms with Gasteiger partial charge >= 0.3 is 0 Å². The van der Waals surface area contributed by atoms with E-state index in [1.54, 1.807) is 0 Å². The zero-order valence-corrected chi connectivity index (χ0v) is 33.7. The molecule has 0 bridgehead atoms. The lowest BCUT2D eigenvalue weighted by Gasteiger charge is -2.48. The highest BCUT2D eigenvalue weighted by molar-refractivity contribution is 5.95. The third kappa shape index (κ3) is 4.62. The fourth-order valence-electron chi connectivity index (χ4n) is 11.3. The third-order valence-electron chi connectivity index (χ3n) is 13.7. The van der Waals surface area contributed by atoms with E-state index in [0.717, 1.165) is 39.3 Å². The van der Waals surface area contributed by atoms with Crippen molar-refractivity contribution in [3.63, 3.8) is 0 Å². The van der Waals surface area contributed by atoms with Gasteiger partial charge in [-0.05, 0) is 102 Å². The third-order valence-corrected chi connectivity index (χ3v) is 13.7. The molecule has 0 N–H and O–H groups in total. The van der Waals surface area contributed by atoms with Gasteiger partial charge in [-0.1, -0.05) is 194 Å². The monoisotopic (exact) mass is 787 g/mol. The SMILES string of the molecule is c1ccc(-c2cc(-c3ccccn3)nc(-c3ccccc3-c3ccc4c(c3)-c3ccccc3C43c4ccccc4C4(c5ccccc5-c5ccccc54)c4ccccc43)n2)cc1. The zero-order valence-electron chi connectivity index (χ0n) is 33.7. The first-order valence-corrected chi connectivity index (χ1v) is 21.4. The van der Waals surface area contributed by atoms with Crippen LogP contribution in [0.2, 0.25) is 0 Å². The van der Waals surface area contributed by atoms with Gasteiger partial charge in [0.1, 0.15) is 0 Å². The van der Waals surface area contributed by atoms with Crippen molar-refractivity contribution < 1.29 is 0 Å². The Balaban J connectivity index is 1.05. The molecule has 10 aromatic rings. The average Bonchev–Trinajstić information content (AvgIpc) is 3.82. The molecule has 8 aromatic carbocycles. The van der Waals surface area contributed by atoms with Crippen molar-refractivity contribution in [2.24, 2.45) is 0 Å². The first kappa shape index (κ1) is 34.8. The van der Waals surface area contributed by atoms with Gasteiger partial charge in [0.2, 0.25) is 0 Å². The van der Waals surface area contributed by atoms with Crippen molar-refractivity contribution in [2.75, 3.05) is 0 Å². The van der Waals surface area contributed by atoms with Crippen molar-refractivity contribution in [1.29, 1.82) is 0 Å². The molecule has 288 valence electrons. The Labute approximate surface area is 360 Å². The molecule has 0 aliphatic heterocycles. The van der Waals surface area contributed by atoms with E-state index in [-0.39, 0.29) is 0 Å². The van der Waals surface area contributed by atoms with E-state index in [0.29, 0.717) is 5.82 Å². The van der Waals surface area contributed by atoms with Gasteiger partial charge in [-0.25, -0.2) is 9.97 Å². The van der Waals surface area contributed by atoms with Crippen LogP contribution in [0.25, 0.3) is 67.4 Å². The van der Waals surface area contributed by atoms with Crippen molar-refractivity contribution in [3.8, 4) is 67.4 Å². The van der Waals surface area contributed by atoms with Crippen LogP contribution in [-0.4, -0.2) is 15.0 Å². The Morgan fingerprint density at radius 2 is 0.694 bits per heavy atom. The minimum Gasteiger partial charge on any atom is -0.255 e. The van der Waals surface area contributed by atoms with Gasteiger partial charge < -0.3 is 0 Å². The molecule has 3 aliphatic rings. The van der Waals surface area contributed by atoms with Gasteiger partial charge in [0.25, 0.3) is 0 Å². The fraction of sp³-hybridized carbons (Fsp3) is 0.0339. The molecule has 2 aromatic heterocycles. The first-order chi connectivity index (χ1) is 30.8. The van der Waals surface area contributed by atoms with Crippen LogP contribution in [0.1, 0.15) is 44.5 Å². The van der Waals surface area contributed by atoms with Crippen molar-refractivity contribution in [3.05, 3.63) is 269 Å². The molecule has 2 spiro atoms. The largest absolute Gasteiger partial charge is 0.255 e. The summed E-state index contributed by atoms with van der Waals surface area (Å²) in [6, 6.07) is 79.8. The standard InChI is InChI=1S/C59H37N3/c1-2-18-38(19-3-1)55-37-56(54-32-16-17-35-60-54)62-57(61-55)44-24-5-4-20-40(44)39-33-34-49-45(36-39)43-23-8-11-27-48(43)59(49)52-30-14-12-28-50(52)58(51-29-13-15-31-53(51)59)46-25-9-6-21-41(46)42-22-7-10-26-47(42)58/h1-37H. The summed E-state index contributed by atoms with van der Waals surface area (Å²) in [4.78, 5) is 15.1. The summed E-state index contributed by atoms with van der Waals surface area (Å²) < 4.78 is 0. The van der Waals surface area contributed by atoms with Gasteiger partial charge in [0.05, 0.1) is 27.9 Å². The van der Waals surface area contributed by atoms with Crippen LogP contribution < -0.4 is 0 Å². The summed E-state index contributed by atoms with van der Waals surface area (Å²) >= 11 is 0. The van der Waals surface area contributed by atoms with Crippen LogP contribution in [0.15, 0.2) is 225 Å². The van der Waals surface area contributed by atoms with Gasteiger partial charge in [0.15, 0.2) is 5.82 Å². The molecule has 0 amide bonds. The molecular weight excluding hydrogens is 751 g/mol. The van der Waals surface area contributed by atoms with Crippen LogP contribution in [0, 0.1) is 0 Å². The first-order valence-electron chi connectivity index (χ1n) is 21.4. The summed E-state index contributed by atoms with van der Waals surface area (Å²) in [6.45, 7) is 0. The summed E-state index contributed by atoms with van der Waals surface area (Å²) in [5.74, 6) is 0.664. The molecule has 0 saturated heterocycles. The minimum absolute atomic E-state index is 0.468. The number of fused-ring (bicyclic) bond motifs is 16. The number of benzene rings is 8. The lowest BCUT2D eigenvalue weighted by atomic mass is 9.52. The predicted molar refractivity (Wildman–Crippen MR) is 250 cm³/mol. The van der Waals surface area contributed by atoms with Gasteiger partial charge in [-0.15, -0.1) is 0 Å². The highest BCUT2D eigenvalue weighted by Crippen LogP contribution is 2.67. The number of nitrogens with zero attached hydrogens (tertiary/aromatic N) is 3. The van der Waals surface area contributed by atoms with Crippen molar-refractivity contribution >= 4 is 0 Å². The second-order valence-electron chi connectivity index (χ2n) is 16.6. The molecule has 62 heavy (non-hydrogen) atoms. The molecule has 13 rings (SSSR count). The van der Waals surface area contributed by atoms with Gasteiger partial charge in [-0.3, -0.25) is 4.98 Å². The van der Waals surface area contributed by atoms with Crippen LogP contribution >= 0.6 is 0 Å². The number of aromatic nitrogens is 3. The predicted octanol–water partition coefficient (Wildman–Crippen LogP) is 13.6. The maximum absolute atomic E-state index is 5.24. The van der Waals surface area contributed by atoms with Crippen LogP contribution in [0.3, 0.4) is 0 Å². The Bertz CT molecular complexity index is 3270. The maximum atomic E-state index is 5.24. The molecule has 0 radical (unpaired) electrons. The molecule has 3 heteroatoms. The molecule has 0 saturated carbocycles. The van der Waals surface area contributed by atoms with Crippen LogP contribution in [0.5, 0.6) is 0 Å². The average molecular weight is 788 g/mol. The maximum Gasteiger partial charge on any atom is 0.161 e. The minimum atomic E-state index is -0.542. The van der Waals surface area contributed by atoms with Crippen LogP contribution in [-0.2, 0) is 10.8 Å². The smallest absolute Gasteiger partial charge is 0.161 e. The van der Waals surface area contributed by atoms with Crippen molar-refractivity contribution in [1.82, 2.24) is 15.0 Å². The molecule has 3 aliphatic carbocycles. The van der Waals surface area contributed by atoms with Gasteiger partial charge in [0, 0.05) is 17.3 Å². The Hall–Kier alpha value is -8.01. The lowest BCUT2D eigenvalue weighted by Crippen LogP contribution is -2.43. The van der Waals surface area contributed by atoms with E-state index in [9.17, 15) is 0 Å². The zero-order chi connectivity index (χ0) is 40.8. The Morgan fingerprint density at radius 3 is 1.24 bits per heavy atom. The Kier molecular flexibility index (Phi) is 7.44. The number of rotatable bonds is 4. The number of hydrogen-bond donors (Lipinski definition) is 0. The molecule has 0 fully saturated rings. The second kappa shape index (κ2) is 13.2.